The lowest BCUT2D eigenvalue weighted by molar-refractivity contribution is -0.139. The molecule has 1 aliphatic carbocycles. The number of rotatable bonds is 6. The van der Waals surface area contributed by atoms with Gasteiger partial charge in [-0.3, -0.25) is 4.90 Å². The molecular weight excluding hydrogens is 626 g/mol. The van der Waals surface area contributed by atoms with E-state index in [0.717, 1.165) is 37.4 Å². The number of anilines is 2. The number of halogens is 4. The van der Waals surface area contributed by atoms with Crippen LogP contribution >= 0.6 is 0 Å². The normalized spacial score (nSPS) is 23.6. The first-order valence-corrected chi connectivity index (χ1v) is 16.8. The van der Waals surface area contributed by atoms with Crippen LogP contribution in [0.3, 0.4) is 0 Å². The summed E-state index contributed by atoms with van der Waals surface area (Å²) in [5.41, 5.74) is 4.89. The Morgan fingerprint density at radius 1 is 1.15 bits per heavy atom. The average molecular weight is 674 g/mol. The summed E-state index contributed by atoms with van der Waals surface area (Å²) in [4.78, 5) is 32.7. The van der Waals surface area contributed by atoms with Crippen molar-refractivity contribution in [2.75, 3.05) is 50.4 Å². The fraction of sp³-hybridized carbons (Fsp3) is 0.657. The highest BCUT2D eigenvalue weighted by Gasteiger charge is 2.43. The number of carbonyl (C=O) groups is 1. The summed E-state index contributed by atoms with van der Waals surface area (Å²) in [5.74, 6) is -0.927. The molecule has 0 saturated carbocycles. The van der Waals surface area contributed by atoms with E-state index in [1.165, 1.54) is 6.92 Å². The van der Waals surface area contributed by atoms with Gasteiger partial charge < -0.3 is 25.1 Å². The Bertz CT molecular complexity index is 1570. The van der Waals surface area contributed by atoms with E-state index in [0.29, 0.717) is 55.9 Å². The first-order valence-electron chi connectivity index (χ1n) is 16.8. The Kier molecular flexibility index (Phi) is 10.2. The summed E-state index contributed by atoms with van der Waals surface area (Å²) < 4.78 is 64.6. The Morgan fingerprint density at radius 2 is 1.88 bits per heavy atom. The Labute approximate surface area is 280 Å². The minimum Gasteiger partial charge on any atom is -0.444 e. The highest BCUT2D eigenvalue weighted by atomic mass is 19.4. The predicted octanol–water partition coefficient (Wildman–Crippen LogP) is 6.42. The smallest absolute Gasteiger partial charge is 0.417 e. The summed E-state index contributed by atoms with van der Waals surface area (Å²) in [5, 5.41) is 0. The molecule has 4 atom stereocenters. The maximum atomic E-state index is 15.7. The zero-order chi connectivity index (χ0) is 35.1. The molecule has 0 spiro atoms. The number of aromatic nitrogens is 2. The number of amides is 1. The lowest BCUT2D eigenvalue weighted by Gasteiger charge is -2.42. The number of carbonyl (C=O) groups excluding carboxylic acids is 1. The second-order valence-corrected chi connectivity index (χ2v) is 14.7. The molecule has 1 aromatic carbocycles. The number of nitrogens with two attached hydrogens (primary N) is 1. The number of hydrogen-bond acceptors (Lipinski definition) is 7. The van der Waals surface area contributed by atoms with Gasteiger partial charge in [0.15, 0.2) is 0 Å². The van der Waals surface area contributed by atoms with Gasteiger partial charge in [0.2, 0.25) is 6.54 Å². The molecule has 9 nitrogen and oxygen atoms in total. The quantitative estimate of drug-likeness (QED) is 0.215. The van der Waals surface area contributed by atoms with E-state index in [1.54, 1.807) is 25.7 Å². The molecule has 2 fully saturated rings. The molecule has 2 aromatic rings. The van der Waals surface area contributed by atoms with E-state index in [1.807, 2.05) is 6.92 Å². The number of aryl methyl sites for hydroxylation is 2. The standard InChI is InChI=1S/C35H47F4N7O2/c1-20-15-25-27(17-24(20)29-30(35(37,38)39)21(2)16-26(40)31(29)36)42-28(11-10-22-9-8-12-44(22)7)43-32(25)45-13-14-46(23(19-45)18-41-6)33(47)48-34(3,4)5/h16,20,22-24H,8-15,17-19,40H2,1-5,7H3/t20?,22-,23?,24?/m0/s1. The Hall–Kier alpha value is -3.66. The van der Waals surface area contributed by atoms with Crippen LogP contribution in [0.1, 0.15) is 86.6 Å². The van der Waals surface area contributed by atoms with Crippen molar-refractivity contribution in [1.82, 2.24) is 19.8 Å². The zero-order valence-electron chi connectivity index (χ0n) is 28.8. The van der Waals surface area contributed by atoms with Crippen LogP contribution < -0.4 is 10.6 Å². The molecule has 48 heavy (non-hydrogen) atoms. The average Bonchev–Trinajstić information content (AvgIpc) is 3.40. The van der Waals surface area contributed by atoms with Gasteiger partial charge in [0.05, 0.1) is 16.9 Å². The molecule has 1 amide bonds. The summed E-state index contributed by atoms with van der Waals surface area (Å²) in [7, 11) is 2.10. The molecule has 2 aliphatic heterocycles. The fourth-order valence-corrected chi connectivity index (χ4v) is 7.66. The van der Waals surface area contributed by atoms with E-state index in [-0.39, 0.29) is 30.1 Å². The van der Waals surface area contributed by atoms with Gasteiger partial charge in [0, 0.05) is 43.2 Å². The predicted molar refractivity (Wildman–Crippen MR) is 176 cm³/mol. The highest BCUT2D eigenvalue weighted by molar-refractivity contribution is 5.69. The van der Waals surface area contributed by atoms with Crippen molar-refractivity contribution in [3.05, 3.63) is 57.1 Å². The third-order valence-corrected chi connectivity index (χ3v) is 10.0. The van der Waals surface area contributed by atoms with Gasteiger partial charge in [-0.25, -0.2) is 25.7 Å². The molecule has 2 saturated heterocycles. The third kappa shape index (κ3) is 7.48. The van der Waals surface area contributed by atoms with Gasteiger partial charge in [0.1, 0.15) is 29.1 Å². The van der Waals surface area contributed by atoms with Gasteiger partial charge in [-0.15, -0.1) is 0 Å². The van der Waals surface area contributed by atoms with Gasteiger partial charge in [-0.1, -0.05) is 6.92 Å². The maximum absolute atomic E-state index is 15.7. The van der Waals surface area contributed by atoms with Crippen LogP contribution in [0.4, 0.5) is 33.9 Å². The molecule has 1 aromatic heterocycles. The van der Waals surface area contributed by atoms with E-state index in [2.05, 4.69) is 21.7 Å². The third-order valence-electron chi connectivity index (χ3n) is 10.0. The van der Waals surface area contributed by atoms with E-state index in [9.17, 15) is 18.0 Å². The summed E-state index contributed by atoms with van der Waals surface area (Å²) in [6.07, 6.45) is -1.17. The second kappa shape index (κ2) is 13.7. The van der Waals surface area contributed by atoms with Crippen molar-refractivity contribution in [3.8, 4) is 0 Å². The van der Waals surface area contributed by atoms with Gasteiger partial charge in [-0.05, 0) is 96.9 Å². The van der Waals surface area contributed by atoms with Crippen LogP contribution in [-0.2, 0) is 30.2 Å². The van der Waals surface area contributed by atoms with E-state index >= 15 is 4.39 Å². The minimum absolute atomic E-state index is 0.0800. The molecule has 0 bridgehead atoms. The van der Waals surface area contributed by atoms with Crippen molar-refractivity contribution in [1.29, 1.82) is 0 Å². The summed E-state index contributed by atoms with van der Waals surface area (Å²) >= 11 is 0. The molecule has 3 heterocycles. The fourth-order valence-electron chi connectivity index (χ4n) is 7.66. The molecule has 3 aliphatic rings. The van der Waals surface area contributed by atoms with Crippen molar-refractivity contribution in [2.45, 2.75) is 103 Å². The lowest BCUT2D eigenvalue weighted by Crippen LogP contribution is -2.57. The SMILES string of the molecule is [C-]#[N+]CC1CN(c2nc(CC[C@@H]3CCCN3C)nc3c2CC(C)C(c2c(F)c(N)cc(C)c2C(F)(F)F)C3)CCN1C(=O)OC(C)(C)C. The van der Waals surface area contributed by atoms with E-state index in [4.69, 9.17) is 27.0 Å². The monoisotopic (exact) mass is 673 g/mol. The number of nitrogens with zero attached hydrogens (tertiary/aromatic N) is 6. The molecule has 2 N–H and O–H groups in total. The molecule has 13 heteroatoms. The number of ether oxygens (including phenoxy) is 1. The van der Waals surface area contributed by atoms with Crippen molar-refractivity contribution in [3.63, 3.8) is 0 Å². The van der Waals surface area contributed by atoms with Crippen molar-refractivity contribution < 1.29 is 27.1 Å². The number of nitrogen functional groups attached to an aromatic ring is 1. The molecular formula is C35H47F4N7O2. The molecule has 262 valence electrons. The number of hydrogen-bond donors (Lipinski definition) is 1. The van der Waals surface area contributed by atoms with Crippen LogP contribution in [0.15, 0.2) is 6.07 Å². The Morgan fingerprint density at radius 3 is 2.50 bits per heavy atom. The lowest BCUT2D eigenvalue weighted by atomic mass is 9.73. The number of fused-ring (bicyclic) bond motifs is 1. The van der Waals surface area contributed by atoms with Crippen LogP contribution in [0, 0.1) is 25.2 Å². The number of alkyl halides is 3. The van der Waals surface area contributed by atoms with Crippen LogP contribution in [-0.4, -0.2) is 83.3 Å². The number of piperazine rings is 1. The van der Waals surface area contributed by atoms with Gasteiger partial charge >= 0.3 is 12.3 Å². The van der Waals surface area contributed by atoms with Gasteiger partial charge in [0.25, 0.3) is 0 Å². The molecule has 0 radical (unpaired) electrons. The summed E-state index contributed by atoms with van der Waals surface area (Å²) in [6.45, 7) is 18.3. The van der Waals surface area contributed by atoms with Crippen LogP contribution in [0.5, 0.6) is 0 Å². The summed E-state index contributed by atoms with van der Waals surface area (Å²) in [6, 6.07) is 0.998. The first-order chi connectivity index (χ1) is 22.5. The minimum atomic E-state index is -4.75. The largest absolute Gasteiger partial charge is 0.444 e. The van der Waals surface area contributed by atoms with Crippen LogP contribution in [0.25, 0.3) is 4.85 Å². The van der Waals surface area contributed by atoms with E-state index < -0.39 is 46.8 Å². The second-order valence-electron chi connectivity index (χ2n) is 14.7. The van der Waals surface area contributed by atoms with Crippen LogP contribution in [0.2, 0.25) is 0 Å². The van der Waals surface area contributed by atoms with Gasteiger partial charge in [-0.2, -0.15) is 13.2 Å². The number of likely N-dealkylation sites (tertiary alicyclic amines) is 1. The molecule has 3 unspecified atom stereocenters. The zero-order valence-corrected chi connectivity index (χ0v) is 28.8. The van der Waals surface area contributed by atoms with Crippen molar-refractivity contribution in [2.24, 2.45) is 5.92 Å². The highest BCUT2D eigenvalue weighted by Crippen LogP contribution is 2.47. The number of benzene rings is 1. The topological polar surface area (TPSA) is 92.2 Å². The Balaban J connectivity index is 1.54. The van der Waals surface area contributed by atoms with Crippen molar-refractivity contribution >= 4 is 17.6 Å². The maximum Gasteiger partial charge on any atom is 0.417 e. The first kappa shape index (κ1) is 35.6. The molecule has 5 rings (SSSR count).